The lowest BCUT2D eigenvalue weighted by Crippen LogP contribution is -2.05. The molecule has 0 saturated carbocycles. The SMILES string of the molecule is COc1cc(OC)c(C(=O)O)c(-c2cc(C)ccc2OC)c1. The predicted octanol–water partition coefficient (Wildman–Crippen LogP) is 3.39. The molecule has 0 amide bonds. The fraction of sp³-hybridized carbons (Fsp3) is 0.235. The van der Waals surface area contributed by atoms with Gasteiger partial charge in [-0.15, -0.1) is 0 Å². The molecule has 2 aromatic carbocycles. The fourth-order valence-corrected chi connectivity index (χ4v) is 2.33. The Hall–Kier alpha value is -2.69. The van der Waals surface area contributed by atoms with Crippen LogP contribution in [0.15, 0.2) is 30.3 Å². The van der Waals surface area contributed by atoms with Gasteiger partial charge in [-0.05, 0) is 25.1 Å². The molecule has 0 bridgehead atoms. The molecule has 1 N–H and O–H groups in total. The topological polar surface area (TPSA) is 65.0 Å². The van der Waals surface area contributed by atoms with E-state index in [-0.39, 0.29) is 11.3 Å². The first-order valence-electron chi connectivity index (χ1n) is 6.66. The van der Waals surface area contributed by atoms with E-state index in [1.165, 1.54) is 14.2 Å². The quantitative estimate of drug-likeness (QED) is 0.917. The zero-order chi connectivity index (χ0) is 16.3. The Morgan fingerprint density at radius 2 is 1.59 bits per heavy atom. The predicted molar refractivity (Wildman–Crippen MR) is 83.2 cm³/mol. The number of methoxy groups -OCH3 is 3. The van der Waals surface area contributed by atoms with Crippen molar-refractivity contribution in [1.82, 2.24) is 0 Å². The molecule has 0 radical (unpaired) electrons. The van der Waals surface area contributed by atoms with Crippen LogP contribution in [-0.4, -0.2) is 32.4 Å². The van der Waals surface area contributed by atoms with Crippen LogP contribution in [0.25, 0.3) is 11.1 Å². The summed E-state index contributed by atoms with van der Waals surface area (Å²) < 4.78 is 15.8. The maximum atomic E-state index is 11.7. The number of aromatic carboxylic acids is 1. The lowest BCUT2D eigenvalue weighted by molar-refractivity contribution is 0.0694. The second-order valence-electron chi connectivity index (χ2n) is 4.76. The van der Waals surface area contributed by atoms with E-state index >= 15 is 0 Å². The van der Waals surface area contributed by atoms with Crippen molar-refractivity contribution >= 4 is 5.97 Å². The van der Waals surface area contributed by atoms with Crippen molar-refractivity contribution in [2.45, 2.75) is 6.92 Å². The second kappa shape index (κ2) is 6.39. The summed E-state index contributed by atoms with van der Waals surface area (Å²) >= 11 is 0. The number of carboxylic acids is 1. The average molecular weight is 302 g/mol. The third-order valence-corrected chi connectivity index (χ3v) is 3.39. The Balaban J connectivity index is 2.83. The number of hydrogen-bond donors (Lipinski definition) is 1. The molecular formula is C17H18O5. The average Bonchev–Trinajstić information content (AvgIpc) is 2.53. The minimum Gasteiger partial charge on any atom is -0.497 e. The summed E-state index contributed by atoms with van der Waals surface area (Å²) in [4.78, 5) is 11.7. The van der Waals surface area contributed by atoms with E-state index in [9.17, 15) is 9.90 Å². The molecule has 0 heterocycles. The van der Waals surface area contributed by atoms with Gasteiger partial charge in [-0.3, -0.25) is 0 Å². The summed E-state index contributed by atoms with van der Waals surface area (Å²) in [5.74, 6) is 0.271. The molecule has 5 nitrogen and oxygen atoms in total. The highest BCUT2D eigenvalue weighted by Gasteiger charge is 2.22. The molecule has 0 spiro atoms. The summed E-state index contributed by atoms with van der Waals surface area (Å²) in [6.45, 7) is 1.93. The van der Waals surface area contributed by atoms with Gasteiger partial charge in [0.1, 0.15) is 22.8 Å². The zero-order valence-electron chi connectivity index (χ0n) is 13.0. The second-order valence-corrected chi connectivity index (χ2v) is 4.76. The Labute approximate surface area is 129 Å². The van der Waals surface area contributed by atoms with Crippen LogP contribution in [0.5, 0.6) is 17.2 Å². The van der Waals surface area contributed by atoms with Crippen LogP contribution < -0.4 is 14.2 Å². The number of benzene rings is 2. The number of hydrogen-bond acceptors (Lipinski definition) is 4. The molecule has 0 saturated heterocycles. The van der Waals surface area contributed by atoms with E-state index in [0.29, 0.717) is 22.6 Å². The summed E-state index contributed by atoms with van der Waals surface area (Å²) in [6.07, 6.45) is 0. The maximum absolute atomic E-state index is 11.7. The molecule has 22 heavy (non-hydrogen) atoms. The van der Waals surface area contributed by atoms with Crippen molar-refractivity contribution in [2.24, 2.45) is 0 Å². The lowest BCUT2D eigenvalue weighted by Gasteiger charge is -2.16. The molecule has 0 unspecified atom stereocenters. The number of aryl methyl sites for hydroxylation is 1. The van der Waals surface area contributed by atoms with Gasteiger partial charge >= 0.3 is 5.97 Å². The van der Waals surface area contributed by atoms with E-state index in [1.807, 2.05) is 25.1 Å². The van der Waals surface area contributed by atoms with E-state index in [0.717, 1.165) is 5.56 Å². The van der Waals surface area contributed by atoms with Gasteiger partial charge in [-0.1, -0.05) is 11.6 Å². The number of carboxylic acid groups (broad SMARTS) is 1. The third kappa shape index (κ3) is 2.83. The third-order valence-electron chi connectivity index (χ3n) is 3.39. The highest BCUT2D eigenvalue weighted by atomic mass is 16.5. The minimum atomic E-state index is -1.07. The monoisotopic (exact) mass is 302 g/mol. The van der Waals surface area contributed by atoms with Crippen molar-refractivity contribution in [1.29, 1.82) is 0 Å². The van der Waals surface area contributed by atoms with Gasteiger partial charge in [0.05, 0.1) is 21.3 Å². The van der Waals surface area contributed by atoms with Crippen LogP contribution in [0.4, 0.5) is 0 Å². The Morgan fingerprint density at radius 3 is 2.14 bits per heavy atom. The number of ether oxygens (including phenoxy) is 3. The molecule has 0 fully saturated rings. The van der Waals surface area contributed by atoms with Crippen LogP contribution in [-0.2, 0) is 0 Å². The summed E-state index contributed by atoms with van der Waals surface area (Å²) in [6, 6.07) is 8.81. The fourth-order valence-electron chi connectivity index (χ4n) is 2.33. The van der Waals surface area contributed by atoms with Gasteiger partial charge in [-0.25, -0.2) is 4.79 Å². The first kappa shape index (κ1) is 15.7. The summed E-state index contributed by atoms with van der Waals surface area (Å²) in [5, 5.41) is 9.57. The van der Waals surface area contributed by atoms with Crippen molar-refractivity contribution in [2.75, 3.05) is 21.3 Å². The number of rotatable bonds is 5. The molecule has 2 rings (SSSR count). The lowest BCUT2D eigenvalue weighted by atomic mass is 9.96. The summed E-state index contributed by atoms with van der Waals surface area (Å²) in [5.41, 5.74) is 2.24. The van der Waals surface area contributed by atoms with Crippen molar-refractivity contribution < 1.29 is 24.1 Å². The van der Waals surface area contributed by atoms with Crippen LogP contribution in [0.2, 0.25) is 0 Å². The van der Waals surface area contributed by atoms with Crippen LogP contribution in [0, 0.1) is 6.92 Å². The maximum Gasteiger partial charge on any atom is 0.340 e. The Bertz CT molecular complexity index is 706. The first-order chi connectivity index (χ1) is 10.5. The smallest absolute Gasteiger partial charge is 0.340 e. The van der Waals surface area contributed by atoms with Gasteiger partial charge < -0.3 is 19.3 Å². The highest BCUT2D eigenvalue weighted by Crippen LogP contribution is 2.39. The van der Waals surface area contributed by atoms with Crippen molar-refractivity contribution in [3.8, 4) is 28.4 Å². The standard InChI is InChI=1S/C17H18O5/c1-10-5-6-14(21-3)12(7-10)13-8-11(20-2)9-15(22-4)16(13)17(18)19/h5-9H,1-4H3,(H,18,19). The van der Waals surface area contributed by atoms with Crippen LogP contribution in [0.1, 0.15) is 15.9 Å². The largest absolute Gasteiger partial charge is 0.497 e. The van der Waals surface area contributed by atoms with E-state index in [4.69, 9.17) is 14.2 Å². The molecule has 2 aromatic rings. The van der Waals surface area contributed by atoms with Gasteiger partial charge in [0, 0.05) is 17.2 Å². The molecule has 0 aromatic heterocycles. The van der Waals surface area contributed by atoms with Gasteiger partial charge in [0.25, 0.3) is 0 Å². The van der Waals surface area contributed by atoms with Crippen molar-refractivity contribution in [3.05, 3.63) is 41.5 Å². The minimum absolute atomic E-state index is 0.0761. The molecule has 0 aliphatic carbocycles. The van der Waals surface area contributed by atoms with Crippen LogP contribution >= 0.6 is 0 Å². The molecule has 5 heteroatoms. The highest BCUT2D eigenvalue weighted by molar-refractivity contribution is 6.00. The van der Waals surface area contributed by atoms with Crippen molar-refractivity contribution in [3.63, 3.8) is 0 Å². The first-order valence-corrected chi connectivity index (χ1v) is 6.66. The van der Waals surface area contributed by atoms with E-state index in [1.54, 1.807) is 19.2 Å². The molecular weight excluding hydrogens is 284 g/mol. The Kier molecular flexibility index (Phi) is 4.56. The molecule has 0 aliphatic heterocycles. The van der Waals surface area contributed by atoms with Gasteiger partial charge in [-0.2, -0.15) is 0 Å². The molecule has 0 atom stereocenters. The molecule has 0 aliphatic rings. The van der Waals surface area contributed by atoms with Crippen LogP contribution in [0.3, 0.4) is 0 Å². The van der Waals surface area contributed by atoms with Gasteiger partial charge in [0.15, 0.2) is 0 Å². The summed E-state index contributed by atoms with van der Waals surface area (Å²) in [7, 11) is 4.50. The number of carbonyl (C=O) groups is 1. The van der Waals surface area contributed by atoms with E-state index in [2.05, 4.69) is 0 Å². The molecule has 116 valence electrons. The Morgan fingerprint density at radius 1 is 0.909 bits per heavy atom. The van der Waals surface area contributed by atoms with Gasteiger partial charge in [0.2, 0.25) is 0 Å². The normalized spacial score (nSPS) is 10.2. The zero-order valence-corrected chi connectivity index (χ0v) is 13.0. The van der Waals surface area contributed by atoms with E-state index < -0.39 is 5.97 Å².